The fourth-order valence-electron chi connectivity index (χ4n) is 5.30. The molecule has 2 N–H and O–H groups in total. The second-order valence-electron chi connectivity index (χ2n) is 11.2. The van der Waals surface area contributed by atoms with E-state index >= 15 is 0 Å². The number of aromatic nitrogens is 4. The number of morpholine rings is 1. The number of aromatic amines is 1. The third-order valence-corrected chi connectivity index (χ3v) is 8.14. The number of hydrogen-bond donors (Lipinski definition) is 2. The van der Waals surface area contributed by atoms with Gasteiger partial charge in [0, 0.05) is 41.8 Å². The largest absolute Gasteiger partial charge is 0.444 e. The van der Waals surface area contributed by atoms with Crippen LogP contribution in [0.5, 0.6) is 0 Å². The Morgan fingerprint density at radius 1 is 1.23 bits per heavy atom. The van der Waals surface area contributed by atoms with Crippen LogP contribution in [-0.2, 0) is 14.3 Å². The molecule has 11 nitrogen and oxygen atoms in total. The van der Waals surface area contributed by atoms with Gasteiger partial charge in [0.15, 0.2) is 11.6 Å². The van der Waals surface area contributed by atoms with Crippen molar-refractivity contribution >= 4 is 56.1 Å². The molecule has 2 fully saturated rings. The molecule has 210 valence electrons. The van der Waals surface area contributed by atoms with E-state index in [1.165, 1.54) is 16.2 Å². The summed E-state index contributed by atoms with van der Waals surface area (Å²) < 4.78 is 12.1. The van der Waals surface area contributed by atoms with E-state index in [4.69, 9.17) is 19.4 Å². The Hall–Kier alpha value is -3.77. The standard InChI is InChI=1S/C28H33N7O4S/c1-16-14-38-13-12-34(16)25-22-21(32-24(33-25)18-8-10-30-23-17(18)7-9-29-23)19(15-40-22)31-26(36)20-6-5-11-35(20)27(37)39-28(2,3)4/h7-10,15-16,20H,5-6,11-14H2,1-4H3,(H,29,30)(H,31,36)/t16-,20-/m1/s1. The van der Waals surface area contributed by atoms with Gasteiger partial charge in [-0.05, 0) is 52.7 Å². The lowest BCUT2D eigenvalue weighted by Crippen LogP contribution is -2.45. The quantitative estimate of drug-likeness (QED) is 0.363. The van der Waals surface area contributed by atoms with Gasteiger partial charge in [-0.15, -0.1) is 11.3 Å². The lowest BCUT2D eigenvalue weighted by Gasteiger charge is -2.34. The molecule has 12 heteroatoms. The predicted octanol–water partition coefficient (Wildman–Crippen LogP) is 4.80. The van der Waals surface area contributed by atoms with Crippen LogP contribution in [0, 0.1) is 0 Å². The topological polar surface area (TPSA) is 126 Å². The summed E-state index contributed by atoms with van der Waals surface area (Å²) in [5.74, 6) is 1.12. The van der Waals surface area contributed by atoms with Gasteiger partial charge in [-0.1, -0.05) is 0 Å². The van der Waals surface area contributed by atoms with Gasteiger partial charge in [0.1, 0.15) is 22.8 Å². The summed E-state index contributed by atoms with van der Waals surface area (Å²) in [6.07, 6.45) is 4.43. The molecule has 4 aromatic rings. The van der Waals surface area contributed by atoms with Gasteiger partial charge in [0.25, 0.3) is 0 Å². The van der Waals surface area contributed by atoms with E-state index in [0.717, 1.165) is 33.5 Å². The lowest BCUT2D eigenvalue weighted by molar-refractivity contribution is -0.120. The van der Waals surface area contributed by atoms with Crippen LogP contribution >= 0.6 is 11.3 Å². The number of nitrogens with one attached hydrogen (secondary N) is 2. The van der Waals surface area contributed by atoms with E-state index in [1.54, 1.807) is 6.20 Å². The number of amides is 2. The van der Waals surface area contributed by atoms with Crippen LogP contribution in [-0.4, -0.2) is 80.8 Å². The first-order chi connectivity index (χ1) is 19.2. The number of thiophene rings is 1. The van der Waals surface area contributed by atoms with E-state index in [-0.39, 0.29) is 11.9 Å². The number of ether oxygens (including phenoxy) is 2. The minimum Gasteiger partial charge on any atom is -0.444 e. The highest BCUT2D eigenvalue weighted by molar-refractivity contribution is 7.18. The number of hydrogen-bond acceptors (Lipinski definition) is 9. The normalized spacial score (nSPS) is 19.9. The number of pyridine rings is 1. The van der Waals surface area contributed by atoms with Crippen LogP contribution in [0.4, 0.5) is 16.3 Å². The van der Waals surface area contributed by atoms with Gasteiger partial charge in [0.05, 0.1) is 29.6 Å². The molecule has 6 rings (SSSR count). The number of fused-ring (bicyclic) bond motifs is 2. The highest BCUT2D eigenvalue weighted by atomic mass is 32.1. The Labute approximate surface area is 235 Å². The molecule has 40 heavy (non-hydrogen) atoms. The molecule has 0 unspecified atom stereocenters. The zero-order valence-corrected chi connectivity index (χ0v) is 23.9. The van der Waals surface area contributed by atoms with Crippen molar-refractivity contribution in [2.75, 3.05) is 36.5 Å². The highest BCUT2D eigenvalue weighted by Crippen LogP contribution is 2.39. The maximum absolute atomic E-state index is 13.5. The number of nitrogens with zero attached hydrogens (tertiary/aromatic N) is 5. The summed E-state index contributed by atoms with van der Waals surface area (Å²) in [6.45, 7) is 9.98. The van der Waals surface area contributed by atoms with Crippen LogP contribution in [0.25, 0.3) is 32.6 Å². The zero-order chi connectivity index (χ0) is 28.0. The summed E-state index contributed by atoms with van der Waals surface area (Å²) in [5, 5.41) is 5.90. The lowest BCUT2D eigenvalue weighted by atomic mass is 10.1. The first kappa shape index (κ1) is 26.5. The van der Waals surface area contributed by atoms with Gasteiger partial charge >= 0.3 is 6.09 Å². The summed E-state index contributed by atoms with van der Waals surface area (Å²) in [7, 11) is 0. The van der Waals surface area contributed by atoms with Gasteiger partial charge < -0.3 is 24.7 Å². The van der Waals surface area contributed by atoms with Crippen molar-refractivity contribution < 1.29 is 19.1 Å². The Kier molecular flexibility index (Phi) is 6.83. The van der Waals surface area contributed by atoms with Crippen molar-refractivity contribution in [3.8, 4) is 11.4 Å². The molecule has 4 aromatic heterocycles. The molecule has 0 saturated carbocycles. The van der Waals surface area contributed by atoms with Gasteiger partial charge in [-0.3, -0.25) is 9.69 Å². The molecule has 0 bridgehead atoms. The molecule has 0 radical (unpaired) electrons. The average Bonchev–Trinajstić information content (AvgIpc) is 3.67. The monoisotopic (exact) mass is 563 g/mol. The maximum atomic E-state index is 13.5. The zero-order valence-electron chi connectivity index (χ0n) is 23.1. The van der Waals surface area contributed by atoms with Crippen molar-refractivity contribution in [1.82, 2.24) is 24.8 Å². The molecule has 2 amide bonds. The fraction of sp³-hybridized carbons (Fsp3) is 0.464. The summed E-state index contributed by atoms with van der Waals surface area (Å²) >= 11 is 1.50. The van der Waals surface area contributed by atoms with Crippen molar-refractivity contribution in [3.63, 3.8) is 0 Å². The van der Waals surface area contributed by atoms with Gasteiger partial charge in [-0.2, -0.15) is 0 Å². The maximum Gasteiger partial charge on any atom is 0.410 e. The summed E-state index contributed by atoms with van der Waals surface area (Å²) in [5.41, 5.74) is 2.24. The van der Waals surface area contributed by atoms with E-state index < -0.39 is 17.7 Å². The first-order valence-corrected chi connectivity index (χ1v) is 14.4. The average molecular weight is 564 g/mol. The van der Waals surface area contributed by atoms with E-state index in [1.807, 2.05) is 44.5 Å². The molecule has 2 aliphatic heterocycles. The second kappa shape index (κ2) is 10.3. The molecule has 2 saturated heterocycles. The van der Waals surface area contributed by atoms with Crippen LogP contribution in [0.1, 0.15) is 40.5 Å². The minimum atomic E-state index is -0.636. The molecule has 0 aliphatic carbocycles. The molecule has 0 aromatic carbocycles. The van der Waals surface area contributed by atoms with Crippen LogP contribution in [0.3, 0.4) is 0 Å². The SMILES string of the molecule is C[C@@H]1COCCN1c1nc(-c2ccnc3[nH]ccc23)nc2c(NC(=O)[C@H]3CCCN3C(=O)OC(C)(C)C)csc12. The minimum absolute atomic E-state index is 0.130. The molecular formula is C28H33N7O4S. The molecular weight excluding hydrogens is 530 g/mol. The van der Waals surface area contributed by atoms with Crippen molar-refractivity contribution in [2.24, 2.45) is 0 Å². The van der Waals surface area contributed by atoms with E-state index in [0.29, 0.717) is 49.8 Å². The number of anilines is 2. The second-order valence-corrected chi connectivity index (χ2v) is 12.1. The Bertz CT molecular complexity index is 1580. The van der Waals surface area contributed by atoms with Gasteiger partial charge in [0.2, 0.25) is 5.91 Å². The molecule has 2 aliphatic rings. The number of carbonyl (C=O) groups is 2. The third-order valence-electron chi connectivity index (χ3n) is 7.18. The Morgan fingerprint density at radius 2 is 2.08 bits per heavy atom. The Balaban J connectivity index is 1.39. The molecule has 6 heterocycles. The molecule has 0 spiro atoms. The van der Waals surface area contributed by atoms with Crippen LogP contribution < -0.4 is 10.2 Å². The van der Waals surface area contributed by atoms with E-state index in [2.05, 4.69) is 27.1 Å². The first-order valence-electron chi connectivity index (χ1n) is 13.6. The number of rotatable bonds is 4. The number of likely N-dealkylation sites (tertiary alicyclic amines) is 1. The third kappa shape index (κ3) is 4.97. The highest BCUT2D eigenvalue weighted by Gasteiger charge is 2.37. The van der Waals surface area contributed by atoms with Crippen molar-refractivity contribution in [2.45, 2.75) is 58.2 Å². The Morgan fingerprint density at radius 3 is 2.88 bits per heavy atom. The summed E-state index contributed by atoms with van der Waals surface area (Å²) in [4.78, 5) is 47.7. The fourth-order valence-corrected chi connectivity index (χ4v) is 6.24. The smallest absolute Gasteiger partial charge is 0.410 e. The number of carbonyl (C=O) groups excluding carboxylic acids is 2. The molecule has 2 atom stereocenters. The van der Waals surface area contributed by atoms with Crippen molar-refractivity contribution in [3.05, 3.63) is 29.9 Å². The van der Waals surface area contributed by atoms with E-state index in [9.17, 15) is 9.59 Å². The van der Waals surface area contributed by atoms with Gasteiger partial charge in [-0.25, -0.2) is 19.7 Å². The van der Waals surface area contributed by atoms with Crippen LogP contribution in [0.15, 0.2) is 29.9 Å². The summed E-state index contributed by atoms with van der Waals surface area (Å²) in [6, 6.07) is 3.39. The number of H-pyrrole nitrogens is 1. The van der Waals surface area contributed by atoms with Crippen LogP contribution in [0.2, 0.25) is 0 Å². The van der Waals surface area contributed by atoms with Crippen molar-refractivity contribution in [1.29, 1.82) is 0 Å². The predicted molar refractivity (Wildman–Crippen MR) is 155 cm³/mol.